The number of ether oxygens (including phenoxy) is 1. The van der Waals surface area contributed by atoms with Crippen molar-refractivity contribution in [2.24, 2.45) is 0 Å². The van der Waals surface area contributed by atoms with Crippen molar-refractivity contribution in [3.05, 3.63) is 23.8 Å². The van der Waals surface area contributed by atoms with Gasteiger partial charge in [0.05, 0.1) is 17.0 Å². The maximum absolute atomic E-state index is 10.6. The number of methoxy groups -OCH3 is 1. The maximum Gasteiger partial charge on any atom is 0.150 e. The summed E-state index contributed by atoms with van der Waals surface area (Å²) in [5.74, 6) is 0. The van der Waals surface area contributed by atoms with Crippen molar-refractivity contribution in [3.8, 4) is 0 Å². The Bertz CT molecular complexity index is 461. The van der Waals surface area contributed by atoms with Crippen LogP contribution in [-0.4, -0.2) is 25.0 Å². The Balaban J connectivity index is 0.000000346. The van der Waals surface area contributed by atoms with Crippen LogP contribution in [0.15, 0.2) is 18.2 Å². The van der Waals surface area contributed by atoms with Crippen LogP contribution in [0.2, 0.25) is 0 Å². The van der Waals surface area contributed by atoms with Gasteiger partial charge in [-0.25, -0.2) is 0 Å². The SMILES string of the molecule is COC(C)(C)C.Nc1cc(C=O)ccc1NC1CCCCC1. The number of nitrogen functional groups attached to an aromatic ring is 1. The average molecular weight is 306 g/mol. The fraction of sp³-hybridized carbons (Fsp3) is 0.611. The summed E-state index contributed by atoms with van der Waals surface area (Å²) in [4.78, 5) is 10.6. The molecule has 1 aromatic carbocycles. The van der Waals surface area contributed by atoms with E-state index in [4.69, 9.17) is 10.5 Å². The number of nitrogens with one attached hydrogen (secondary N) is 1. The molecular formula is C18H30N2O2. The van der Waals surface area contributed by atoms with E-state index in [0.717, 1.165) is 12.0 Å². The number of carbonyl (C=O) groups is 1. The minimum Gasteiger partial charge on any atom is -0.397 e. The predicted molar refractivity (Wildman–Crippen MR) is 93.5 cm³/mol. The fourth-order valence-electron chi connectivity index (χ4n) is 2.25. The van der Waals surface area contributed by atoms with Crippen LogP contribution in [0.25, 0.3) is 0 Å². The van der Waals surface area contributed by atoms with Crippen LogP contribution in [0, 0.1) is 0 Å². The maximum atomic E-state index is 10.6. The van der Waals surface area contributed by atoms with E-state index in [0.29, 0.717) is 17.3 Å². The topological polar surface area (TPSA) is 64.3 Å². The number of rotatable bonds is 3. The normalized spacial score (nSPS) is 15.6. The van der Waals surface area contributed by atoms with Crippen molar-refractivity contribution in [2.45, 2.75) is 64.5 Å². The summed E-state index contributed by atoms with van der Waals surface area (Å²) >= 11 is 0. The van der Waals surface area contributed by atoms with Crippen molar-refractivity contribution in [1.29, 1.82) is 0 Å². The van der Waals surface area contributed by atoms with Gasteiger partial charge < -0.3 is 15.8 Å². The van der Waals surface area contributed by atoms with Gasteiger partial charge in [0, 0.05) is 18.7 Å². The third-order valence-electron chi connectivity index (χ3n) is 3.79. The first-order chi connectivity index (χ1) is 10.4. The number of hydrogen-bond acceptors (Lipinski definition) is 4. The Morgan fingerprint density at radius 2 is 1.82 bits per heavy atom. The van der Waals surface area contributed by atoms with Crippen LogP contribution in [0.3, 0.4) is 0 Å². The first-order valence-corrected chi connectivity index (χ1v) is 8.02. The fourth-order valence-corrected chi connectivity index (χ4v) is 2.25. The van der Waals surface area contributed by atoms with Gasteiger partial charge in [-0.1, -0.05) is 19.3 Å². The first kappa shape index (κ1) is 18.5. The standard InChI is InChI=1S/C13H18N2O.C5H12O/c14-12-8-10(9-16)6-7-13(12)15-11-4-2-1-3-5-11;1-5(2,3)6-4/h6-9,11,15H,1-5,14H2;1-4H3. The minimum atomic E-state index is 0.0417. The largest absolute Gasteiger partial charge is 0.397 e. The van der Waals surface area contributed by atoms with Crippen molar-refractivity contribution in [3.63, 3.8) is 0 Å². The van der Waals surface area contributed by atoms with Gasteiger partial charge in [-0.15, -0.1) is 0 Å². The van der Waals surface area contributed by atoms with Crippen LogP contribution in [0.5, 0.6) is 0 Å². The van der Waals surface area contributed by atoms with E-state index in [2.05, 4.69) is 5.32 Å². The lowest BCUT2D eigenvalue weighted by atomic mass is 9.95. The Labute approximate surface area is 134 Å². The van der Waals surface area contributed by atoms with E-state index in [-0.39, 0.29) is 5.60 Å². The molecule has 3 N–H and O–H groups in total. The highest BCUT2D eigenvalue weighted by molar-refractivity contribution is 5.80. The molecule has 0 saturated heterocycles. The van der Waals surface area contributed by atoms with Crippen molar-refractivity contribution >= 4 is 17.7 Å². The van der Waals surface area contributed by atoms with Gasteiger partial charge >= 0.3 is 0 Å². The van der Waals surface area contributed by atoms with Crippen LogP contribution in [-0.2, 0) is 4.74 Å². The van der Waals surface area contributed by atoms with E-state index in [1.165, 1.54) is 32.1 Å². The molecule has 0 aliphatic heterocycles. The van der Waals surface area contributed by atoms with E-state index in [1.807, 2.05) is 26.8 Å². The molecule has 1 fully saturated rings. The molecule has 0 spiro atoms. The summed E-state index contributed by atoms with van der Waals surface area (Å²) in [5.41, 5.74) is 8.18. The Hall–Kier alpha value is -1.55. The van der Waals surface area contributed by atoms with Gasteiger partial charge in [0.2, 0.25) is 0 Å². The molecule has 1 aliphatic carbocycles. The summed E-state index contributed by atoms with van der Waals surface area (Å²) in [5, 5.41) is 3.46. The summed E-state index contributed by atoms with van der Waals surface area (Å²) in [7, 11) is 1.71. The monoisotopic (exact) mass is 306 g/mol. The molecule has 0 bridgehead atoms. The zero-order valence-electron chi connectivity index (χ0n) is 14.3. The van der Waals surface area contributed by atoms with Gasteiger partial charge in [-0.05, 0) is 51.8 Å². The van der Waals surface area contributed by atoms with E-state index >= 15 is 0 Å². The zero-order chi connectivity index (χ0) is 16.6. The predicted octanol–water partition coefficient (Wildman–Crippen LogP) is 4.26. The molecular weight excluding hydrogens is 276 g/mol. The quantitative estimate of drug-likeness (QED) is 0.647. The summed E-state index contributed by atoms with van der Waals surface area (Å²) in [6.07, 6.45) is 7.19. The molecule has 22 heavy (non-hydrogen) atoms. The van der Waals surface area contributed by atoms with Crippen LogP contribution in [0.4, 0.5) is 11.4 Å². The highest BCUT2D eigenvalue weighted by Gasteiger charge is 2.13. The van der Waals surface area contributed by atoms with Crippen molar-refractivity contribution in [1.82, 2.24) is 0 Å². The van der Waals surface area contributed by atoms with Crippen LogP contribution in [0.1, 0.15) is 63.2 Å². The molecule has 124 valence electrons. The summed E-state index contributed by atoms with van der Waals surface area (Å²) in [6, 6.07) is 5.96. The number of benzene rings is 1. The van der Waals surface area contributed by atoms with Gasteiger partial charge in [0.1, 0.15) is 6.29 Å². The van der Waals surface area contributed by atoms with Gasteiger partial charge in [0.15, 0.2) is 0 Å². The van der Waals surface area contributed by atoms with Gasteiger partial charge in [-0.3, -0.25) is 4.79 Å². The molecule has 1 aromatic rings. The summed E-state index contributed by atoms with van der Waals surface area (Å²) in [6.45, 7) is 6.06. The Morgan fingerprint density at radius 3 is 2.27 bits per heavy atom. The van der Waals surface area contributed by atoms with Crippen LogP contribution >= 0.6 is 0 Å². The molecule has 1 saturated carbocycles. The third-order valence-corrected chi connectivity index (χ3v) is 3.79. The lowest BCUT2D eigenvalue weighted by Gasteiger charge is -2.24. The molecule has 1 aliphatic rings. The molecule has 0 atom stereocenters. The summed E-state index contributed by atoms with van der Waals surface area (Å²) < 4.78 is 4.94. The molecule has 0 unspecified atom stereocenters. The van der Waals surface area contributed by atoms with Crippen LogP contribution < -0.4 is 11.1 Å². The number of hydrogen-bond donors (Lipinski definition) is 2. The number of anilines is 2. The highest BCUT2D eigenvalue weighted by atomic mass is 16.5. The second kappa shape index (κ2) is 8.79. The minimum absolute atomic E-state index is 0.0417. The molecule has 4 heteroatoms. The van der Waals surface area contributed by atoms with Crippen molar-refractivity contribution < 1.29 is 9.53 Å². The van der Waals surface area contributed by atoms with Gasteiger partial charge in [0.25, 0.3) is 0 Å². The number of carbonyl (C=O) groups excluding carboxylic acids is 1. The average Bonchev–Trinajstić information content (AvgIpc) is 2.50. The molecule has 0 aromatic heterocycles. The Morgan fingerprint density at radius 1 is 1.23 bits per heavy atom. The number of aldehydes is 1. The lowest BCUT2D eigenvalue weighted by molar-refractivity contribution is 0.0397. The zero-order valence-corrected chi connectivity index (χ0v) is 14.3. The third kappa shape index (κ3) is 6.94. The Kier molecular flexibility index (Phi) is 7.39. The second-order valence-corrected chi connectivity index (χ2v) is 6.76. The molecule has 0 radical (unpaired) electrons. The molecule has 2 rings (SSSR count). The van der Waals surface area contributed by atoms with Crippen molar-refractivity contribution in [2.75, 3.05) is 18.2 Å². The lowest BCUT2D eigenvalue weighted by Crippen LogP contribution is -2.22. The molecule has 0 amide bonds. The van der Waals surface area contributed by atoms with E-state index in [9.17, 15) is 4.79 Å². The number of nitrogens with two attached hydrogens (primary N) is 1. The van der Waals surface area contributed by atoms with E-state index in [1.54, 1.807) is 19.2 Å². The molecule has 0 heterocycles. The molecule has 4 nitrogen and oxygen atoms in total. The first-order valence-electron chi connectivity index (χ1n) is 8.02. The smallest absolute Gasteiger partial charge is 0.150 e. The van der Waals surface area contributed by atoms with E-state index < -0.39 is 0 Å². The second-order valence-electron chi connectivity index (χ2n) is 6.76. The highest BCUT2D eigenvalue weighted by Crippen LogP contribution is 2.25. The van der Waals surface area contributed by atoms with Gasteiger partial charge in [-0.2, -0.15) is 0 Å².